The van der Waals surface area contributed by atoms with Crippen LogP contribution in [0.25, 0.3) is 0 Å². The van der Waals surface area contributed by atoms with E-state index < -0.39 is 0 Å². The van der Waals surface area contributed by atoms with Crippen molar-refractivity contribution < 1.29 is 0 Å². The van der Waals surface area contributed by atoms with E-state index in [0.717, 1.165) is 12.4 Å². The van der Waals surface area contributed by atoms with E-state index in [1.54, 1.807) is 0 Å². The highest BCUT2D eigenvalue weighted by Crippen LogP contribution is 2.43. The lowest BCUT2D eigenvalue weighted by molar-refractivity contribution is 0.334. The molecule has 2 nitrogen and oxygen atoms in total. The van der Waals surface area contributed by atoms with Gasteiger partial charge in [0.2, 0.25) is 0 Å². The summed E-state index contributed by atoms with van der Waals surface area (Å²) in [5, 5.41) is 0. The summed E-state index contributed by atoms with van der Waals surface area (Å²) in [4.78, 5) is 6.69. The molecule has 1 atom stereocenters. The van der Waals surface area contributed by atoms with Crippen LogP contribution in [0.15, 0.2) is 18.3 Å². The van der Waals surface area contributed by atoms with Crippen LogP contribution in [0.4, 0.5) is 5.82 Å². The van der Waals surface area contributed by atoms with E-state index in [1.165, 1.54) is 5.56 Å². The Morgan fingerprint density at radius 2 is 2.14 bits per heavy atom. The molecule has 0 fully saturated rings. The van der Waals surface area contributed by atoms with E-state index in [2.05, 4.69) is 43.8 Å². The third-order valence-corrected chi connectivity index (χ3v) is 3.06. The van der Waals surface area contributed by atoms with Gasteiger partial charge in [0, 0.05) is 31.3 Å². The van der Waals surface area contributed by atoms with E-state index in [9.17, 15) is 0 Å². The smallest absolute Gasteiger partial charge is 0.131 e. The van der Waals surface area contributed by atoms with Crippen LogP contribution in [-0.2, 0) is 0 Å². The molecule has 0 aliphatic carbocycles. The summed E-state index contributed by atoms with van der Waals surface area (Å²) in [5.41, 5.74) is 1.73. The van der Waals surface area contributed by atoms with Crippen molar-refractivity contribution in [2.75, 3.05) is 18.5 Å². The predicted molar refractivity (Wildman–Crippen MR) is 59.7 cm³/mol. The molecule has 14 heavy (non-hydrogen) atoms. The molecule has 0 saturated heterocycles. The van der Waals surface area contributed by atoms with E-state index in [4.69, 9.17) is 0 Å². The number of anilines is 1. The second-order valence-electron chi connectivity index (χ2n) is 5.22. The topological polar surface area (TPSA) is 16.1 Å². The minimum atomic E-state index is 0.322. The van der Waals surface area contributed by atoms with Crippen molar-refractivity contribution in [2.24, 2.45) is 5.41 Å². The molecule has 2 rings (SSSR count). The summed E-state index contributed by atoms with van der Waals surface area (Å²) >= 11 is 0. The second kappa shape index (κ2) is 2.97. The first-order valence-corrected chi connectivity index (χ1v) is 5.16. The van der Waals surface area contributed by atoms with Crippen LogP contribution in [0.2, 0.25) is 0 Å². The van der Waals surface area contributed by atoms with Gasteiger partial charge in [-0.25, -0.2) is 4.98 Å². The van der Waals surface area contributed by atoms with E-state index >= 15 is 0 Å². The molecular weight excluding hydrogens is 172 g/mol. The molecular formula is C12H18N2. The van der Waals surface area contributed by atoms with Gasteiger partial charge in [-0.05, 0) is 11.5 Å². The van der Waals surface area contributed by atoms with Gasteiger partial charge in [0.1, 0.15) is 5.82 Å². The summed E-state index contributed by atoms with van der Waals surface area (Å²) in [7, 11) is 2.12. The molecule has 76 valence electrons. The Balaban J connectivity index is 2.44. The maximum Gasteiger partial charge on any atom is 0.131 e. The molecule has 2 heteroatoms. The fraction of sp³-hybridized carbons (Fsp3) is 0.583. The maximum absolute atomic E-state index is 4.43. The highest BCUT2D eigenvalue weighted by Gasteiger charge is 2.35. The number of hydrogen-bond acceptors (Lipinski definition) is 2. The molecule has 0 spiro atoms. The van der Waals surface area contributed by atoms with Gasteiger partial charge < -0.3 is 4.90 Å². The zero-order chi connectivity index (χ0) is 10.3. The molecule has 1 aliphatic rings. The van der Waals surface area contributed by atoms with E-state index in [0.29, 0.717) is 11.3 Å². The molecule has 0 aromatic carbocycles. The largest absolute Gasteiger partial charge is 0.359 e. The Morgan fingerprint density at radius 1 is 1.43 bits per heavy atom. The lowest BCUT2D eigenvalue weighted by atomic mass is 9.78. The Bertz CT molecular complexity index is 338. The summed E-state index contributed by atoms with van der Waals surface area (Å²) < 4.78 is 0. The van der Waals surface area contributed by atoms with Crippen LogP contribution >= 0.6 is 0 Å². The monoisotopic (exact) mass is 190 g/mol. The molecule has 0 amide bonds. The molecule has 0 bridgehead atoms. The molecule has 2 heterocycles. The van der Waals surface area contributed by atoms with Crippen LogP contribution in [0.5, 0.6) is 0 Å². The Morgan fingerprint density at radius 3 is 2.79 bits per heavy atom. The molecule has 1 unspecified atom stereocenters. The second-order valence-corrected chi connectivity index (χ2v) is 5.22. The zero-order valence-corrected chi connectivity index (χ0v) is 9.41. The van der Waals surface area contributed by atoms with Gasteiger partial charge in [-0.2, -0.15) is 0 Å². The van der Waals surface area contributed by atoms with Crippen molar-refractivity contribution in [1.29, 1.82) is 0 Å². The quantitative estimate of drug-likeness (QED) is 0.625. The van der Waals surface area contributed by atoms with Crippen molar-refractivity contribution in [2.45, 2.75) is 26.7 Å². The third-order valence-electron chi connectivity index (χ3n) is 3.06. The van der Waals surface area contributed by atoms with Gasteiger partial charge in [-0.15, -0.1) is 0 Å². The average Bonchev–Trinajstić information content (AvgIpc) is 2.44. The van der Waals surface area contributed by atoms with Crippen molar-refractivity contribution in [3.63, 3.8) is 0 Å². The third kappa shape index (κ3) is 1.39. The fourth-order valence-corrected chi connectivity index (χ4v) is 2.20. The Hall–Kier alpha value is -1.05. The normalized spacial score (nSPS) is 21.1. The standard InChI is InChI=1S/C12H18N2/c1-12(2,3)10-8-14(4)11-9(10)6-5-7-13-11/h5-7,10H,8H2,1-4H3. The Labute approximate surface area is 86.0 Å². The average molecular weight is 190 g/mol. The first-order chi connectivity index (χ1) is 6.50. The lowest BCUT2D eigenvalue weighted by Crippen LogP contribution is -2.24. The summed E-state index contributed by atoms with van der Waals surface area (Å²) in [6, 6.07) is 4.25. The molecule has 0 N–H and O–H groups in total. The van der Waals surface area contributed by atoms with Gasteiger partial charge in [0.05, 0.1) is 0 Å². The number of hydrogen-bond donors (Lipinski definition) is 0. The first-order valence-electron chi connectivity index (χ1n) is 5.16. The summed E-state index contributed by atoms with van der Waals surface area (Å²) in [6.07, 6.45) is 1.88. The number of likely N-dealkylation sites (N-methyl/N-ethyl adjacent to an activating group) is 1. The van der Waals surface area contributed by atoms with Crippen LogP contribution < -0.4 is 4.90 Å². The van der Waals surface area contributed by atoms with Crippen molar-refractivity contribution in [1.82, 2.24) is 4.98 Å². The fourth-order valence-electron chi connectivity index (χ4n) is 2.20. The number of rotatable bonds is 0. The predicted octanol–water partition coefficient (Wildman–Crippen LogP) is 2.66. The van der Waals surface area contributed by atoms with Gasteiger partial charge in [0.15, 0.2) is 0 Å². The SMILES string of the molecule is CN1CC(C(C)(C)C)c2cccnc21. The molecule has 1 aromatic rings. The number of pyridine rings is 1. The summed E-state index contributed by atoms with van der Waals surface area (Å²) in [5.74, 6) is 1.77. The van der Waals surface area contributed by atoms with Gasteiger partial charge in [-0.1, -0.05) is 26.8 Å². The molecule has 0 radical (unpaired) electrons. The van der Waals surface area contributed by atoms with Crippen molar-refractivity contribution in [3.8, 4) is 0 Å². The zero-order valence-electron chi connectivity index (χ0n) is 9.41. The first kappa shape index (κ1) is 9.50. The van der Waals surface area contributed by atoms with Crippen LogP contribution in [0, 0.1) is 5.41 Å². The number of nitrogens with zero attached hydrogens (tertiary/aromatic N) is 2. The van der Waals surface area contributed by atoms with E-state index in [-0.39, 0.29) is 0 Å². The minimum absolute atomic E-state index is 0.322. The summed E-state index contributed by atoms with van der Waals surface area (Å²) in [6.45, 7) is 7.99. The minimum Gasteiger partial charge on any atom is -0.359 e. The van der Waals surface area contributed by atoms with Crippen LogP contribution in [-0.4, -0.2) is 18.6 Å². The van der Waals surface area contributed by atoms with Crippen LogP contribution in [0.3, 0.4) is 0 Å². The van der Waals surface area contributed by atoms with Gasteiger partial charge >= 0.3 is 0 Å². The van der Waals surface area contributed by atoms with Crippen molar-refractivity contribution >= 4 is 5.82 Å². The number of fused-ring (bicyclic) bond motifs is 1. The van der Waals surface area contributed by atoms with Gasteiger partial charge in [0.25, 0.3) is 0 Å². The van der Waals surface area contributed by atoms with E-state index in [1.807, 2.05) is 12.3 Å². The highest BCUT2D eigenvalue weighted by molar-refractivity contribution is 5.54. The van der Waals surface area contributed by atoms with Gasteiger partial charge in [-0.3, -0.25) is 0 Å². The molecule has 1 aliphatic heterocycles. The van der Waals surface area contributed by atoms with Crippen molar-refractivity contribution in [3.05, 3.63) is 23.9 Å². The Kier molecular flexibility index (Phi) is 2.02. The van der Waals surface area contributed by atoms with Crippen LogP contribution in [0.1, 0.15) is 32.3 Å². The highest BCUT2D eigenvalue weighted by atomic mass is 15.2. The maximum atomic E-state index is 4.43. The molecule has 0 saturated carbocycles. The molecule has 1 aromatic heterocycles. The number of aromatic nitrogens is 1. The lowest BCUT2D eigenvalue weighted by Gasteiger charge is -2.27.